The van der Waals surface area contributed by atoms with Gasteiger partial charge in [-0.25, -0.2) is 8.78 Å². The third-order valence-electron chi connectivity index (χ3n) is 7.64. The fraction of sp³-hybridized carbons (Fsp3) is 0.562. The van der Waals surface area contributed by atoms with Gasteiger partial charge in [-0.1, -0.05) is 13.8 Å². The maximum absolute atomic E-state index is 14.0. The summed E-state index contributed by atoms with van der Waals surface area (Å²) >= 11 is 0. The van der Waals surface area contributed by atoms with E-state index in [9.17, 15) is 28.6 Å². The first-order valence-electron chi connectivity index (χ1n) is 14.8. The van der Waals surface area contributed by atoms with Gasteiger partial charge in [0.15, 0.2) is 0 Å². The Kier molecular flexibility index (Phi) is 12.8. The fourth-order valence-electron chi connectivity index (χ4n) is 5.70. The topological polar surface area (TPSA) is 102 Å². The number of carbonyl (C=O) groups is 2. The van der Waals surface area contributed by atoms with Crippen molar-refractivity contribution < 1.29 is 33.3 Å². The van der Waals surface area contributed by atoms with Crippen LogP contribution in [-0.4, -0.2) is 96.0 Å². The van der Waals surface area contributed by atoms with E-state index in [0.29, 0.717) is 30.8 Å². The Bertz CT molecular complexity index is 1170. The molecular weight excluding hydrogens is 544 g/mol. The number of methoxy groups -OCH3 is 1. The first kappa shape index (κ1) is 33.6. The second-order valence-corrected chi connectivity index (χ2v) is 11.2. The molecule has 232 valence electrons. The number of amides is 2. The van der Waals surface area contributed by atoms with E-state index in [4.69, 9.17) is 4.74 Å². The van der Waals surface area contributed by atoms with Crippen LogP contribution in [0.15, 0.2) is 36.4 Å². The van der Waals surface area contributed by atoms with Gasteiger partial charge in [0.25, 0.3) is 11.8 Å². The summed E-state index contributed by atoms with van der Waals surface area (Å²) in [5, 5.41) is 25.1. The molecule has 0 saturated carbocycles. The highest BCUT2D eigenvalue weighted by molar-refractivity contribution is 6.00. The highest BCUT2D eigenvalue weighted by Gasteiger charge is 2.33. The van der Waals surface area contributed by atoms with Crippen LogP contribution in [0.3, 0.4) is 0 Å². The van der Waals surface area contributed by atoms with Crippen molar-refractivity contribution in [2.75, 3.05) is 39.9 Å². The Balaban J connectivity index is 1.86. The third-order valence-corrected chi connectivity index (χ3v) is 7.64. The molecule has 0 spiro atoms. The molecule has 3 N–H and O–H groups in total. The van der Waals surface area contributed by atoms with Gasteiger partial charge in [0, 0.05) is 50.0 Å². The van der Waals surface area contributed by atoms with E-state index in [1.165, 1.54) is 6.07 Å². The average Bonchev–Trinajstić information content (AvgIpc) is 3.37. The number of likely N-dealkylation sites (tertiary alicyclic amines) is 1. The molecule has 0 radical (unpaired) electrons. The monoisotopic (exact) mass is 589 g/mol. The second-order valence-electron chi connectivity index (χ2n) is 11.2. The lowest BCUT2D eigenvalue weighted by Gasteiger charge is -2.32. The number of nitrogens with one attached hydrogen (secondary N) is 1. The van der Waals surface area contributed by atoms with Crippen LogP contribution in [0.4, 0.5) is 8.78 Å². The van der Waals surface area contributed by atoms with Crippen molar-refractivity contribution in [1.82, 2.24) is 15.1 Å². The first-order chi connectivity index (χ1) is 20.1. The Morgan fingerprint density at radius 3 is 2.31 bits per heavy atom. The SMILES string of the molecule is CCCN(CCC)C(=O)c1cc(C)cc(C(=O)N[C@@H](Cc2cc(F)cc(F)c2)[C@@H](O)[C@@H](O)CN2CCC[C@@H]2COC)c1. The number of benzene rings is 2. The van der Waals surface area contributed by atoms with Gasteiger partial charge in [0.2, 0.25) is 0 Å². The number of rotatable bonds is 15. The molecule has 2 aromatic carbocycles. The van der Waals surface area contributed by atoms with Crippen molar-refractivity contribution in [2.45, 2.75) is 77.2 Å². The predicted molar refractivity (Wildman–Crippen MR) is 157 cm³/mol. The highest BCUT2D eigenvalue weighted by atomic mass is 19.1. The van der Waals surface area contributed by atoms with E-state index in [-0.39, 0.29) is 36.0 Å². The van der Waals surface area contributed by atoms with Gasteiger partial charge in [0.05, 0.1) is 18.8 Å². The van der Waals surface area contributed by atoms with Gasteiger partial charge in [-0.05, 0) is 87.0 Å². The molecule has 2 aromatic rings. The van der Waals surface area contributed by atoms with Crippen molar-refractivity contribution in [3.05, 3.63) is 70.3 Å². The van der Waals surface area contributed by atoms with Crippen molar-refractivity contribution >= 4 is 11.8 Å². The van der Waals surface area contributed by atoms with E-state index in [1.807, 2.05) is 18.7 Å². The molecule has 1 fully saturated rings. The number of β-amino-alcohol motifs (C(OH)–C–C–N with tert-alkyl or cyclic N) is 1. The molecule has 42 heavy (non-hydrogen) atoms. The van der Waals surface area contributed by atoms with Crippen molar-refractivity contribution in [2.24, 2.45) is 0 Å². The molecule has 1 saturated heterocycles. The largest absolute Gasteiger partial charge is 0.389 e. The zero-order chi connectivity index (χ0) is 30.8. The Morgan fingerprint density at radius 1 is 1.05 bits per heavy atom. The summed E-state index contributed by atoms with van der Waals surface area (Å²) in [6.07, 6.45) is 0.619. The minimum Gasteiger partial charge on any atom is -0.389 e. The third kappa shape index (κ3) is 9.29. The number of hydrogen-bond acceptors (Lipinski definition) is 6. The van der Waals surface area contributed by atoms with Gasteiger partial charge in [0.1, 0.15) is 17.7 Å². The lowest BCUT2D eigenvalue weighted by atomic mass is 9.96. The zero-order valence-electron chi connectivity index (χ0n) is 25.1. The average molecular weight is 590 g/mol. The second kappa shape index (κ2) is 16.1. The summed E-state index contributed by atoms with van der Waals surface area (Å²) < 4.78 is 33.3. The normalized spacial score (nSPS) is 17.6. The summed E-state index contributed by atoms with van der Waals surface area (Å²) in [6, 6.07) is 6.93. The Labute approximate surface area is 247 Å². The molecular formula is C32H45F2N3O5. The van der Waals surface area contributed by atoms with Gasteiger partial charge in [-0.15, -0.1) is 0 Å². The lowest BCUT2D eigenvalue weighted by Crippen LogP contribution is -2.53. The summed E-state index contributed by atoms with van der Waals surface area (Å²) in [5.41, 5.74) is 1.52. The number of aryl methyl sites for hydroxylation is 1. The zero-order valence-corrected chi connectivity index (χ0v) is 25.1. The molecule has 0 bridgehead atoms. The highest BCUT2D eigenvalue weighted by Crippen LogP contribution is 2.21. The molecule has 0 aliphatic carbocycles. The van der Waals surface area contributed by atoms with Crippen LogP contribution in [0.1, 0.15) is 71.4 Å². The molecule has 2 amide bonds. The van der Waals surface area contributed by atoms with Crippen LogP contribution in [0.2, 0.25) is 0 Å². The van der Waals surface area contributed by atoms with Crippen LogP contribution in [0.5, 0.6) is 0 Å². The number of halogens is 2. The van der Waals surface area contributed by atoms with Crippen molar-refractivity contribution in [3.8, 4) is 0 Å². The molecule has 1 aliphatic rings. The van der Waals surface area contributed by atoms with E-state index in [0.717, 1.165) is 50.4 Å². The summed E-state index contributed by atoms with van der Waals surface area (Å²) in [5.74, 6) is -2.31. The smallest absolute Gasteiger partial charge is 0.253 e. The minimum atomic E-state index is -1.44. The molecule has 8 nitrogen and oxygen atoms in total. The van der Waals surface area contributed by atoms with Crippen LogP contribution in [0, 0.1) is 18.6 Å². The summed E-state index contributed by atoms with van der Waals surface area (Å²) in [6.45, 7) is 8.35. The number of hydrogen-bond donors (Lipinski definition) is 3. The fourth-order valence-corrected chi connectivity index (χ4v) is 5.70. The molecule has 1 aliphatic heterocycles. The maximum atomic E-state index is 14.0. The quantitative estimate of drug-likeness (QED) is 0.293. The van der Waals surface area contributed by atoms with Gasteiger partial charge < -0.3 is 25.2 Å². The van der Waals surface area contributed by atoms with Crippen LogP contribution in [0.25, 0.3) is 0 Å². The molecule has 3 rings (SSSR count). The summed E-state index contributed by atoms with van der Waals surface area (Å²) in [4.78, 5) is 30.6. The lowest BCUT2D eigenvalue weighted by molar-refractivity contribution is -0.0267. The van der Waals surface area contributed by atoms with Gasteiger partial charge in [-0.2, -0.15) is 0 Å². The number of nitrogens with zero attached hydrogens (tertiary/aromatic N) is 2. The van der Waals surface area contributed by atoms with E-state index in [1.54, 1.807) is 31.1 Å². The number of ether oxygens (including phenoxy) is 1. The molecule has 0 aromatic heterocycles. The van der Waals surface area contributed by atoms with Crippen LogP contribution < -0.4 is 5.32 Å². The standard InChI is InChI=1S/C32H45F2N3O5/c1-5-9-36(10-6-2)32(41)24-13-21(3)12-23(17-24)31(40)35-28(16-22-14-25(33)18-26(34)15-22)30(39)29(38)19-37-11-7-8-27(37)20-42-4/h12-15,17-18,27-30,38-39H,5-11,16,19-20H2,1-4H3,(H,35,40)/t27-,28+,29+,30-/m1/s1. The van der Waals surface area contributed by atoms with Gasteiger partial charge >= 0.3 is 0 Å². The number of aliphatic hydroxyl groups excluding tert-OH is 2. The van der Waals surface area contributed by atoms with Crippen LogP contribution >= 0.6 is 0 Å². The van der Waals surface area contributed by atoms with E-state index >= 15 is 0 Å². The number of aliphatic hydroxyl groups is 2. The maximum Gasteiger partial charge on any atom is 0.253 e. The van der Waals surface area contributed by atoms with E-state index in [2.05, 4.69) is 5.32 Å². The molecule has 4 atom stereocenters. The first-order valence-corrected chi connectivity index (χ1v) is 14.8. The minimum absolute atomic E-state index is 0.102. The van der Waals surface area contributed by atoms with Crippen molar-refractivity contribution in [1.29, 1.82) is 0 Å². The van der Waals surface area contributed by atoms with Gasteiger partial charge in [-0.3, -0.25) is 14.5 Å². The summed E-state index contributed by atoms with van der Waals surface area (Å²) in [7, 11) is 1.61. The molecule has 1 heterocycles. The molecule has 0 unspecified atom stereocenters. The molecule has 10 heteroatoms. The predicted octanol–water partition coefficient (Wildman–Crippen LogP) is 3.71. The van der Waals surface area contributed by atoms with Crippen LogP contribution in [-0.2, 0) is 11.2 Å². The Morgan fingerprint density at radius 2 is 1.69 bits per heavy atom. The van der Waals surface area contributed by atoms with E-state index < -0.39 is 35.8 Å². The Hall–Kier alpha value is -2.92. The van der Waals surface area contributed by atoms with Crippen molar-refractivity contribution in [3.63, 3.8) is 0 Å². The number of carbonyl (C=O) groups excluding carboxylic acids is 2.